The lowest BCUT2D eigenvalue weighted by Crippen LogP contribution is -2.23. The van der Waals surface area contributed by atoms with E-state index >= 15 is 0 Å². The average molecular weight is 274 g/mol. The number of nitrogens with two attached hydrogens (primary N) is 1. The maximum Gasteiger partial charge on any atom is 0.193 e. The normalized spacial score (nSPS) is 16.6. The Kier molecular flexibility index (Phi) is 5.87. The van der Waals surface area contributed by atoms with Crippen molar-refractivity contribution in [2.75, 3.05) is 31.5 Å². The highest BCUT2D eigenvalue weighted by Crippen LogP contribution is 2.09. The van der Waals surface area contributed by atoms with Crippen LogP contribution >= 0.6 is 0 Å². The summed E-state index contributed by atoms with van der Waals surface area (Å²) in [5, 5.41) is 3.12. The number of hydrogen-bond acceptors (Lipinski definition) is 2. The van der Waals surface area contributed by atoms with E-state index in [1.54, 1.807) is 0 Å². The fourth-order valence-corrected chi connectivity index (χ4v) is 2.48. The van der Waals surface area contributed by atoms with E-state index in [0.29, 0.717) is 5.96 Å². The Morgan fingerprint density at radius 3 is 2.60 bits per heavy atom. The molecule has 1 aromatic rings. The molecule has 0 bridgehead atoms. The van der Waals surface area contributed by atoms with Crippen LogP contribution in [0.25, 0.3) is 0 Å². The van der Waals surface area contributed by atoms with E-state index in [1.807, 2.05) is 12.1 Å². The Hall–Kier alpha value is -1.55. The van der Waals surface area contributed by atoms with E-state index in [4.69, 9.17) is 5.73 Å². The number of hydrogen-bond donors (Lipinski definition) is 2. The highest BCUT2D eigenvalue weighted by atomic mass is 15.1. The Labute approximate surface area is 122 Å². The van der Waals surface area contributed by atoms with Gasteiger partial charge in [-0.25, -0.2) is 0 Å². The van der Waals surface area contributed by atoms with E-state index in [0.717, 1.165) is 18.7 Å². The predicted octanol–water partition coefficient (Wildman–Crippen LogP) is 2.60. The number of anilines is 1. The van der Waals surface area contributed by atoms with Gasteiger partial charge >= 0.3 is 0 Å². The number of aryl methyl sites for hydroxylation is 1. The zero-order valence-electron chi connectivity index (χ0n) is 12.4. The molecule has 110 valence electrons. The van der Waals surface area contributed by atoms with Gasteiger partial charge in [0.05, 0.1) is 0 Å². The molecule has 0 unspecified atom stereocenters. The fraction of sp³-hybridized carbons (Fsp3) is 0.562. The second-order valence-corrected chi connectivity index (χ2v) is 5.51. The van der Waals surface area contributed by atoms with Crippen LogP contribution in [-0.2, 0) is 0 Å². The quantitative estimate of drug-likeness (QED) is 0.476. The van der Waals surface area contributed by atoms with Gasteiger partial charge in [0.15, 0.2) is 5.96 Å². The minimum absolute atomic E-state index is 0.509. The van der Waals surface area contributed by atoms with E-state index in [2.05, 4.69) is 34.3 Å². The van der Waals surface area contributed by atoms with Crippen molar-refractivity contribution in [2.45, 2.75) is 32.6 Å². The molecule has 1 aliphatic rings. The van der Waals surface area contributed by atoms with Gasteiger partial charge in [0, 0.05) is 12.2 Å². The summed E-state index contributed by atoms with van der Waals surface area (Å²) in [7, 11) is 0. The van der Waals surface area contributed by atoms with Crippen molar-refractivity contribution in [1.82, 2.24) is 4.90 Å². The Bertz CT molecular complexity index is 419. The topological polar surface area (TPSA) is 53.6 Å². The van der Waals surface area contributed by atoms with Crippen LogP contribution in [0, 0.1) is 6.92 Å². The molecule has 1 saturated heterocycles. The molecule has 1 aliphatic heterocycles. The maximum atomic E-state index is 5.88. The molecule has 1 aromatic carbocycles. The van der Waals surface area contributed by atoms with E-state index in [9.17, 15) is 0 Å². The first-order valence-electron chi connectivity index (χ1n) is 7.60. The number of benzene rings is 1. The summed E-state index contributed by atoms with van der Waals surface area (Å²) < 4.78 is 0. The van der Waals surface area contributed by atoms with Crippen LogP contribution in [0.4, 0.5) is 5.69 Å². The van der Waals surface area contributed by atoms with Gasteiger partial charge in [0.2, 0.25) is 0 Å². The third-order valence-corrected chi connectivity index (χ3v) is 3.69. The number of nitrogens with zero attached hydrogens (tertiary/aromatic N) is 2. The molecule has 0 saturated carbocycles. The number of nitrogens with one attached hydrogen (secondary N) is 1. The molecule has 0 amide bonds. The van der Waals surface area contributed by atoms with Gasteiger partial charge < -0.3 is 16.0 Å². The molecule has 4 nitrogen and oxygen atoms in total. The summed E-state index contributed by atoms with van der Waals surface area (Å²) in [5.74, 6) is 0.509. The van der Waals surface area contributed by atoms with E-state index in [1.165, 1.54) is 44.5 Å². The molecule has 1 heterocycles. The first kappa shape index (κ1) is 14.9. The highest BCUT2D eigenvalue weighted by Gasteiger charge is 2.09. The van der Waals surface area contributed by atoms with Crippen molar-refractivity contribution in [2.24, 2.45) is 10.7 Å². The molecule has 0 spiro atoms. The summed E-state index contributed by atoms with van der Waals surface area (Å²) in [6.45, 7) is 6.64. The molecular formula is C16H26N4. The van der Waals surface area contributed by atoms with Crippen LogP contribution in [-0.4, -0.2) is 37.0 Å². The molecule has 1 fully saturated rings. The smallest absolute Gasteiger partial charge is 0.193 e. The summed E-state index contributed by atoms with van der Waals surface area (Å²) in [6, 6.07) is 8.16. The maximum absolute atomic E-state index is 5.88. The van der Waals surface area contributed by atoms with Gasteiger partial charge in [0.1, 0.15) is 0 Å². The Morgan fingerprint density at radius 1 is 1.20 bits per heavy atom. The summed E-state index contributed by atoms with van der Waals surface area (Å²) in [6.07, 6.45) is 5.05. The lowest BCUT2D eigenvalue weighted by molar-refractivity contribution is 0.331. The van der Waals surface area contributed by atoms with Crippen molar-refractivity contribution in [3.63, 3.8) is 0 Å². The first-order chi connectivity index (χ1) is 9.74. The van der Waals surface area contributed by atoms with E-state index < -0.39 is 0 Å². The standard InChI is InChI=1S/C16H26N4/c1-14-6-8-15(9-7-14)19-16(17)18-10-2-3-11-20-12-4-5-13-20/h6-9H,2-5,10-13H2,1H3,(H3,17,18,19). The van der Waals surface area contributed by atoms with Crippen LogP contribution in [0.1, 0.15) is 31.2 Å². The minimum atomic E-state index is 0.509. The highest BCUT2D eigenvalue weighted by molar-refractivity contribution is 5.92. The molecule has 0 aliphatic carbocycles. The molecular weight excluding hydrogens is 248 g/mol. The summed E-state index contributed by atoms with van der Waals surface area (Å²) in [5.41, 5.74) is 8.11. The van der Waals surface area contributed by atoms with Crippen LogP contribution in [0.5, 0.6) is 0 Å². The summed E-state index contributed by atoms with van der Waals surface area (Å²) in [4.78, 5) is 6.91. The first-order valence-corrected chi connectivity index (χ1v) is 7.60. The van der Waals surface area contributed by atoms with Crippen LogP contribution in [0.15, 0.2) is 29.3 Å². The SMILES string of the molecule is Cc1ccc(NC(N)=NCCCCN2CCCC2)cc1. The van der Waals surface area contributed by atoms with Crippen molar-refractivity contribution in [3.05, 3.63) is 29.8 Å². The van der Waals surface area contributed by atoms with Crippen molar-refractivity contribution in [1.29, 1.82) is 0 Å². The van der Waals surface area contributed by atoms with Gasteiger partial charge in [-0.3, -0.25) is 4.99 Å². The third-order valence-electron chi connectivity index (χ3n) is 3.69. The largest absolute Gasteiger partial charge is 0.370 e. The molecule has 0 radical (unpaired) electrons. The van der Waals surface area contributed by atoms with Crippen LogP contribution in [0.3, 0.4) is 0 Å². The molecule has 0 aromatic heterocycles. The number of rotatable bonds is 6. The average Bonchev–Trinajstić information content (AvgIpc) is 2.94. The number of aliphatic imine (C=N–C) groups is 1. The predicted molar refractivity (Wildman–Crippen MR) is 86.2 cm³/mol. The lowest BCUT2D eigenvalue weighted by atomic mass is 10.2. The zero-order chi connectivity index (χ0) is 14.2. The Balaban J connectivity index is 1.62. The van der Waals surface area contributed by atoms with Gasteiger partial charge in [0.25, 0.3) is 0 Å². The van der Waals surface area contributed by atoms with Gasteiger partial charge in [-0.2, -0.15) is 0 Å². The minimum Gasteiger partial charge on any atom is -0.370 e. The van der Waals surface area contributed by atoms with Gasteiger partial charge in [-0.1, -0.05) is 17.7 Å². The zero-order valence-corrected chi connectivity index (χ0v) is 12.4. The van der Waals surface area contributed by atoms with Crippen molar-refractivity contribution in [3.8, 4) is 0 Å². The number of likely N-dealkylation sites (tertiary alicyclic amines) is 1. The lowest BCUT2D eigenvalue weighted by Gasteiger charge is -2.13. The summed E-state index contributed by atoms with van der Waals surface area (Å²) >= 11 is 0. The van der Waals surface area contributed by atoms with Crippen molar-refractivity contribution < 1.29 is 0 Å². The molecule has 3 N–H and O–H groups in total. The van der Waals surface area contributed by atoms with Crippen molar-refractivity contribution >= 4 is 11.6 Å². The molecule has 2 rings (SSSR count). The van der Waals surface area contributed by atoms with Crippen LogP contribution < -0.4 is 11.1 Å². The second-order valence-electron chi connectivity index (χ2n) is 5.51. The monoisotopic (exact) mass is 274 g/mol. The number of unbranched alkanes of at least 4 members (excludes halogenated alkanes) is 1. The Morgan fingerprint density at radius 2 is 1.90 bits per heavy atom. The van der Waals surface area contributed by atoms with Gasteiger partial charge in [-0.15, -0.1) is 0 Å². The molecule has 4 heteroatoms. The number of guanidine groups is 1. The van der Waals surface area contributed by atoms with E-state index in [-0.39, 0.29) is 0 Å². The molecule has 0 atom stereocenters. The fourth-order valence-electron chi connectivity index (χ4n) is 2.48. The second kappa shape index (κ2) is 7.90. The van der Waals surface area contributed by atoms with Crippen LogP contribution in [0.2, 0.25) is 0 Å². The van der Waals surface area contributed by atoms with Gasteiger partial charge in [-0.05, 0) is 64.4 Å². The third kappa shape index (κ3) is 5.21. The molecule has 20 heavy (non-hydrogen) atoms.